The first-order valence-corrected chi connectivity index (χ1v) is 11.8. The number of carbonyl (C=O) groups excluding carboxylic acids is 1. The number of thioether (sulfide) groups is 1. The Kier molecular flexibility index (Phi) is 8.02. The zero-order valence-corrected chi connectivity index (χ0v) is 21.1. The molecule has 1 aliphatic rings. The van der Waals surface area contributed by atoms with Crippen molar-refractivity contribution in [3.8, 4) is 17.2 Å². The molecule has 3 rings (SSSR count). The van der Waals surface area contributed by atoms with Crippen LogP contribution in [0.2, 0.25) is 0 Å². The van der Waals surface area contributed by atoms with Crippen LogP contribution in [-0.2, 0) is 4.79 Å². The zero-order valence-electron chi connectivity index (χ0n) is 17.9. The van der Waals surface area contributed by atoms with Crippen LogP contribution in [0.4, 0.5) is 0 Å². The van der Waals surface area contributed by atoms with Crippen molar-refractivity contribution >= 4 is 56.2 Å². The van der Waals surface area contributed by atoms with Crippen LogP contribution in [0.3, 0.4) is 0 Å². The van der Waals surface area contributed by atoms with E-state index in [1.54, 1.807) is 7.05 Å². The van der Waals surface area contributed by atoms with Crippen LogP contribution in [0, 0.1) is 13.8 Å². The van der Waals surface area contributed by atoms with Crippen molar-refractivity contribution in [2.24, 2.45) is 0 Å². The van der Waals surface area contributed by atoms with Crippen LogP contribution in [0.1, 0.15) is 23.6 Å². The number of halogens is 1. The Hall–Kier alpha value is -2.03. The Morgan fingerprint density at radius 2 is 1.74 bits per heavy atom. The number of ether oxygens (including phenoxy) is 3. The summed E-state index contributed by atoms with van der Waals surface area (Å²) in [5.41, 5.74) is 3.14. The maximum Gasteiger partial charge on any atom is 0.265 e. The SMILES string of the molecule is CCOc1cc(/C=C2/SC(=S)N(C)C2=O)cc(Br)c1OCCOc1cc(C)cc(C)c1. The first-order chi connectivity index (χ1) is 14.8. The second kappa shape index (κ2) is 10.5. The molecule has 1 aliphatic heterocycles. The van der Waals surface area contributed by atoms with Crippen molar-refractivity contribution < 1.29 is 19.0 Å². The van der Waals surface area contributed by atoms with Crippen molar-refractivity contribution in [3.63, 3.8) is 0 Å². The third kappa shape index (κ3) is 6.02. The van der Waals surface area contributed by atoms with Crippen molar-refractivity contribution in [1.82, 2.24) is 4.90 Å². The average Bonchev–Trinajstić information content (AvgIpc) is 2.93. The van der Waals surface area contributed by atoms with E-state index < -0.39 is 0 Å². The lowest BCUT2D eigenvalue weighted by Crippen LogP contribution is -2.22. The highest BCUT2D eigenvalue weighted by molar-refractivity contribution is 9.10. The van der Waals surface area contributed by atoms with Gasteiger partial charge in [0.25, 0.3) is 5.91 Å². The molecule has 0 radical (unpaired) electrons. The van der Waals surface area contributed by atoms with Crippen molar-refractivity contribution in [3.05, 3.63) is 56.4 Å². The average molecular weight is 522 g/mol. The molecule has 1 amide bonds. The number of hydrogen-bond acceptors (Lipinski definition) is 6. The highest BCUT2D eigenvalue weighted by Gasteiger charge is 2.28. The smallest absolute Gasteiger partial charge is 0.265 e. The van der Waals surface area contributed by atoms with Gasteiger partial charge in [0.1, 0.15) is 23.3 Å². The largest absolute Gasteiger partial charge is 0.490 e. The number of aryl methyl sites for hydroxylation is 2. The lowest BCUT2D eigenvalue weighted by Gasteiger charge is -2.15. The first kappa shape index (κ1) is 23.6. The van der Waals surface area contributed by atoms with Gasteiger partial charge in [-0.2, -0.15) is 0 Å². The maximum absolute atomic E-state index is 12.3. The third-order valence-corrected chi connectivity index (χ3v) is 6.48. The van der Waals surface area contributed by atoms with Crippen LogP contribution < -0.4 is 14.2 Å². The maximum atomic E-state index is 12.3. The number of hydrogen-bond donors (Lipinski definition) is 0. The summed E-state index contributed by atoms with van der Waals surface area (Å²) in [7, 11) is 1.68. The minimum absolute atomic E-state index is 0.104. The van der Waals surface area contributed by atoms with Crippen LogP contribution >= 0.6 is 39.9 Å². The minimum Gasteiger partial charge on any atom is -0.490 e. The number of amides is 1. The molecule has 0 bridgehead atoms. The van der Waals surface area contributed by atoms with Crippen molar-refractivity contribution in [2.45, 2.75) is 20.8 Å². The summed E-state index contributed by atoms with van der Waals surface area (Å²) in [5, 5.41) is 0. The number of carbonyl (C=O) groups is 1. The minimum atomic E-state index is -0.104. The number of benzene rings is 2. The van der Waals surface area contributed by atoms with E-state index in [-0.39, 0.29) is 5.91 Å². The summed E-state index contributed by atoms with van der Waals surface area (Å²) in [4.78, 5) is 14.3. The summed E-state index contributed by atoms with van der Waals surface area (Å²) < 4.78 is 18.9. The van der Waals surface area contributed by atoms with E-state index in [2.05, 4.69) is 22.0 Å². The second-order valence-corrected chi connectivity index (χ2v) is 9.55. The van der Waals surface area contributed by atoms with E-state index in [0.29, 0.717) is 40.5 Å². The standard InChI is InChI=1S/C23H24BrNO4S2/c1-5-27-19-12-16(13-20-22(26)25(4)23(30)31-20)11-18(24)21(19)29-7-6-28-17-9-14(2)8-15(3)10-17/h8-13H,5-7H2,1-4H3/b20-13+. The Balaban J connectivity index is 1.71. The van der Waals surface area contributed by atoms with Crippen LogP contribution in [0.5, 0.6) is 17.2 Å². The molecule has 2 aromatic carbocycles. The molecule has 0 unspecified atom stereocenters. The molecule has 1 fully saturated rings. The van der Waals surface area contributed by atoms with Crippen LogP contribution in [0.15, 0.2) is 39.7 Å². The van der Waals surface area contributed by atoms with Gasteiger partial charge < -0.3 is 14.2 Å². The molecule has 1 heterocycles. The second-order valence-electron chi connectivity index (χ2n) is 7.02. The van der Waals surface area contributed by atoms with Gasteiger partial charge in [0.2, 0.25) is 0 Å². The normalized spacial score (nSPS) is 15.0. The highest BCUT2D eigenvalue weighted by atomic mass is 79.9. The zero-order chi connectivity index (χ0) is 22.5. The quantitative estimate of drug-likeness (QED) is 0.250. The van der Waals surface area contributed by atoms with Gasteiger partial charge in [0, 0.05) is 7.05 Å². The summed E-state index contributed by atoms with van der Waals surface area (Å²) in [6, 6.07) is 9.86. The van der Waals surface area contributed by atoms with Crippen molar-refractivity contribution in [1.29, 1.82) is 0 Å². The molecule has 164 valence electrons. The van der Waals surface area contributed by atoms with E-state index in [1.165, 1.54) is 16.7 Å². The molecule has 0 N–H and O–H groups in total. The molecule has 31 heavy (non-hydrogen) atoms. The topological polar surface area (TPSA) is 48.0 Å². The Morgan fingerprint density at radius 1 is 1.06 bits per heavy atom. The summed E-state index contributed by atoms with van der Waals surface area (Å²) in [6.07, 6.45) is 1.81. The van der Waals surface area contributed by atoms with Gasteiger partial charge in [0.15, 0.2) is 11.5 Å². The predicted molar refractivity (Wildman–Crippen MR) is 133 cm³/mol. The predicted octanol–water partition coefficient (Wildman–Crippen LogP) is 5.75. The molecule has 5 nitrogen and oxygen atoms in total. The fourth-order valence-electron chi connectivity index (χ4n) is 3.09. The Labute approximate surface area is 200 Å². The molecule has 0 spiro atoms. The molecular weight excluding hydrogens is 498 g/mol. The molecular formula is C23H24BrNO4S2. The molecule has 2 aromatic rings. The molecule has 0 atom stereocenters. The fourth-order valence-corrected chi connectivity index (χ4v) is 4.84. The van der Waals surface area contributed by atoms with Crippen molar-refractivity contribution in [2.75, 3.05) is 26.9 Å². The van der Waals surface area contributed by atoms with Gasteiger partial charge in [0.05, 0.1) is 16.0 Å². The summed E-state index contributed by atoms with van der Waals surface area (Å²) in [6.45, 7) is 7.25. The van der Waals surface area contributed by atoms with Crippen LogP contribution in [0.25, 0.3) is 6.08 Å². The van der Waals surface area contributed by atoms with E-state index in [4.69, 9.17) is 26.4 Å². The molecule has 0 saturated carbocycles. The number of likely N-dealkylation sites (N-methyl/N-ethyl adjacent to an activating group) is 1. The van der Waals surface area contributed by atoms with Gasteiger partial charge in [-0.1, -0.05) is 30.0 Å². The lowest BCUT2D eigenvalue weighted by atomic mass is 10.1. The van der Waals surface area contributed by atoms with Gasteiger partial charge in [-0.05, 0) is 83.7 Å². The molecule has 0 aromatic heterocycles. The van der Waals surface area contributed by atoms with Gasteiger partial charge in [-0.15, -0.1) is 0 Å². The van der Waals surface area contributed by atoms with E-state index >= 15 is 0 Å². The Bertz CT molecular complexity index is 1020. The molecule has 1 saturated heterocycles. The number of rotatable bonds is 8. The lowest BCUT2D eigenvalue weighted by molar-refractivity contribution is -0.121. The summed E-state index contributed by atoms with van der Waals surface area (Å²) >= 11 is 10.1. The van der Waals surface area contributed by atoms with Gasteiger partial charge in [-0.25, -0.2) is 0 Å². The summed E-state index contributed by atoms with van der Waals surface area (Å²) in [5.74, 6) is 1.93. The van der Waals surface area contributed by atoms with Gasteiger partial charge >= 0.3 is 0 Å². The van der Waals surface area contributed by atoms with E-state index in [0.717, 1.165) is 26.9 Å². The third-order valence-electron chi connectivity index (χ3n) is 4.41. The van der Waals surface area contributed by atoms with E-state index in [1.807, 2.05) is 51.1 Å². The molecule has 8 heteroatoms. The van der Waals surface area contributed by atoms with Gasteiger partial charge in [-0.3, -0.25) is 9.69 Å². The number of nitrogens with zero attached hydrogens (tertiary/aromatic N) is 1. The number of thiocarbonyl (C=S) groups is 1. The van der Waals surface area contributed by atoms with E-state index in [9.17, 15) is 4.79 Å². The van der Waals surface area contributed by atoms with Crippen LogP contribution in [-0.4, -0.2) is 42.0 Å². The first-order valence-electron chi connectivity index (χ1n) is 9.80. The Morgan fingerprint density at radius 3 is 2.35 bits per heavy atom. The fraction of sp³-hybridized carbons (Fsp3) is 0.304. The molecule has 0 aliphatic carbocycles. The monoisotopic (exact) mass is 521 g/mol. The highest BCUT2D eigenvalue weighted by Crippen LogP contribution is 2.39.